The summed E-state index contributed by atoms with van der Waals surface area (Å²) >= 11 is 0. The average Bonchev–Trinajstić information content (AvgIpc) is 3.09. The zero-order valence-electron chi connectivity index (χ0n) is 17.2. The Bertz CT molecular complexity index is 1040. The van der Waals surface area contributed by atoms with E-state index in [2.05, 4.69) is 10.0 Å². The van der Waals surface area contributed by atoms with E-state index >= 15 is 0 Å². The van der Waals surface area contributed by atoms with Crippen molar-refractivity contribution in [3.05, 3.63) is 59.7 Å². The molecule has 0 spiro atoms. The molecule has 0 saturated carbocycles. The largest absolute Gasteiger partial charge is 0.487 e. The lowest BCUT2D eigenvalue weighted by atomic mass is 9.84. The van der Waals surface area contributed by atoms with E-state index < -0.39 is 16.1 Å². The summed E-state index contributed by atoms with van der Waals surface area (Å²) in [7, 11) is -3.40. The van der Waals surface area contributed by atoms with E-state index in [9.17, 15) is 18.3 Å². The minimum absolute atomic E-state index is 0.103. The number of benzene rings is 2. The molecule has 1 amide bonds. The summed E-state index contributed by atoms with van der Waals surface area (Å²) in [5.74, 6) is 0.412. The minimum Gasteiger partial charge on any atom is -0.487 e. The molecule has 2 aliphatic heterocycles. The second-order valence-electron chi connectivity index (χ2n) is 8.00. The normalized spacial score (nSPS) is 24.6. The van der Waals surface area contributed by atoms with Crippen LogP contribution >= 0.6 is 0 Å². The highest BCUT2D eigenvalue weighted by Crippen LogP contribution is 2.47. The Hall–Kier alpha value is -2.62. The van der Waals surface area contributed by atoms with Crippen LogP contribution in [-0.4, -0.2) is 50.6 Å². The summed E-state index contributed by atoms with van der Waals surface area (Å²) in [4.78, 5) is 12.5. The van der Waals surface area contributed by atoms with E-state index in [4.69, 9.17) is 9.47 Å². The fraction of sp³-hybridized carbons (Fsp3) is 0.409. The molecule has 1 saturated heterocycles. The topological polar surface area (TPSA) is 114 Å². The fourth-order valence-corrected chi connectivity index (χ4v) is 4.80. The summed E-state index contributed by atoms with van der Waals surface area (Å²) in [6, 6.07) is 14.8. The molecule has 9 heteroatoms. The number of aliphatic hydroxyl groups is 1. The molecule has 0 aromatic heterocycles. The van der Waals surface area contributed by atoms with Gasteiger partial charge in [-0.1, -0.05) is 30.3 Å². The third-order valence-electron chi connectivity index (χ3n) is 5.55. The van der Waals surface area contributed by atoms with Crippen molar-refractivity contribution in [2.75, 3.05) is 17.6 Å². The van der Waals surface area contributed by atoms with E-state index in [0.717, 1.165) is 17.4 Å². The molecule has 166 valence electrons. The van der Waals surface area contributed by atoms with Crippen LogP contribution < -0.4 is 14.8 Å². The summed E-state index contributed by atoms with van der Waals surface area (Å²) in [5.41, 5.74) is 2.32. The van der Waals surface area contributed by atoms with Gasteiger partial charge in [-0.05, 0) is 30.2 Å². The van der Waals surface area contributed by atoms with Gasteiger partial charge in [-0.3, -0.25) is 9.52 Å². The van der Waals surface area contributed by atoms with Crippen LogP contribution in [0.5, 0.6) is 5.75 Å². The number of hydrogen-bond acceptors (Lipinski definition) is 6. The number of fused-ring (bicyclic) bond motifs is 3. The number of ether oxygens (including phenoxy) is 2. The van der Waals surface area contributed by atoms with Crippen molar-refractivity contribution in [3.63, 3.8) is 0 Å². The molecule has 4 atom stereocenters. The summed E-state index contributed by atoms with van der Waals surface area (Å²) in [5, 5.41) is 12.7. The molecule has 2 aromatic carbocycles. The third kappa shape index (κ3) is 5.17. The van der Waals surface area contributed by atoms with Crippen LogP contribution in [0.15, 0.2) is 48.5 Å². The van der Waals surface area contributed by atoms with Crippen LogP contribution in [0.25, 0.3) is 0 Å². The van der Waals surface area contributed by atoms with Crippen molar-refractivity contribution in [2.24, 2.45) is 0 Å². The van der Waals surface area contributed by atoms with Crippen molar-refractivity contribution in [1.82, 2.24) is 5.32 Å². The molecule has 31 heavy (non-hydrogen) atoms. The van der Waals surface area contributed by atoms with Crippen LogP contribution in [-0.2, 0) is 26.1 Å². The fourth-order valence-electron chi connectivity index (χ4n) is 4.24. The Balaban J connectivity index is 1.45. The van der Waals surface area contributed by atoms with Gasteiger partial charge < -0.3 is 19.9 Å². The van der Waals surface area contributed by atoms with E-state index in [-0.39, 0.29) is 37.1 Å². The zero-order valence-corrected chi connectivity index (χ0v) is 18.0. The smallest absolute Gasteiger partial charge is 0.229 e. The highest BCUT2D eigenvalue weighted by Gasteiger charge is 2.46. The van der Waals surface area contributed by atoms with Gasteiger partial charge in [0.1, 0.15) is 18.0 Å². The first-order valence-electron chi connectivity index (χ1n) is 10.2. The highest BCUT2D eigenvalue weighted by molar-refractivity contribution is 7.92. The van der Waals surface area contributed by atoms with Gasteiger partial charge in [0.25, 0.3) is 0 Å². The van der Waals surface area contributed by atoms with E-state index in [1.165, 1.54) is 0 Å². The quantitative estimate of drug-likeness (QED) is 0.597. The molecule has 4 rings (SSSR count). The summed E-state index contributed by atoms with van der Waals surface area (Å²) in [6.07, 6.45) is 0.481. The summed E-state index contributed by atoms with van der Waals surface area (Å²) in [6.45, 7) is 0.208. The summed E-state index contributed by atoms with van der Waals surface area (Å²) < 4.78 is 37.6. The second kappa shape index (κ2) is 8.86. The van der Waals surface area contributed by atoms with Gasteiger partial charge in [-0.2, -0.15) is 0 Å². The van der Waals surface area contributed by atoms with Crippen LogP contribution in [0.4, 0.5) is 5.69 Å². The van der Waals surface area contributed by atoms with Crippen molar-refractivity contribution in [2.45, 2.75) is 43.6 Å². The van der Waals surface area contributed by atoms with Gasteiger partial charge in [-0.25, -0.2) is 8.42 Å². The number of sulfonamides is 1. The Morgan fingerprint density at radius 2 is 1.97 bits per heavy atom. The van der Waals surface area contributed by atoms with E-state index in [0.29, 0.717) is 24.4 Å². The van der Waals surface area contributed by atoms with Crippen LogP contribution in [0.2, 0.25) is 0 Å². The Morgan fingerprint density at radius 3 is 2.68 bits per heavy atom. The zero-order chi connectivity index (χ0) is 22.0. The first-order valence-corrected chi connectivity index (χ1v) is 12.1. The van der Waals surface area contributed by atoms with Crippen molar-refractivity contribution >= 4 is 21.6 Å². The maximum atomic E-state index is 12.5. The van der Waals surface area contributed by atoms with Gasteiger partial charge in [0, 0.05) is 23.7 Å². The monoisotopic (exact) mass is 446 g/mol. The predicted molar refractivity (Wildman–Crippen MR) is 115 cm³/mol. The van der Waals surface area contributed by atoms with Gasteiger partial charge in [0.15, 0.2) is 0 Å². The van der Waals surface area contributed by atoms with Crippen molar-refractivity contribution in [1.29, 1.82) is 0 Å². The lowest BCUT2D eigenvalue weighted by Crippen LogP contribution is -2.47. The Kier molecular flexibility index (Phi) is 6.17. The lowest BCUT2D eigenvalue weighted by Gasteiger charge is -2.37. The molecule has 8 nitrogen and oxygen atoms in total. The minimum atomic E-state index is -3.40. The number of nitrogens with one attached hydrogen (secondary N) is 2. The molecule has 0 bridgehead atoms. The number of rotatable bonds is 7. The number of aliphatic hydroxyl groups excluding tert-OH is 1. The lowest BCUT2D eigenvalue weighted by molar-refractivity contribution is -0.142. The molecule has 3 N–H and O–H groups in total. The van der Waals surface area contributed by atoms with Gasteiger partial charge in [-0.15, -0.1) is 0 Å². The molecule has 2 aromatic rings. The van der Waals surface area contributed by atoms with Gasteiger partial charge in [0.05, 0.1) is 25.4 Å². The van der Waals surface area contributed by atoms with E-state index in [1.807, 2.05) is 30.3 Å². The number of carbonyl (C=O) groups is 1. The standard InChI is InChI=1S/C22H26N2O6S/c1-31(27,28)24-15-7-8-19-17(9-15)18-10-16(29-20(13-25)22(18)30-19)11-21(26)23-12-14-5-3-2-4-6-14/h2-9,16,18,20,22,24-25H,10-13H2,1H3,(H,23,26)/t16-,18+,20-,22-/m1/s1. The third-order valence-corrected chi connectivity index (χ3v) is 6.15. The average molecular weight is 447 g/mol. The van der Waals surface area contributed by atoms with Crippen LogP contribution in [0, 0.1) is 0 Å². The Morgan fingerprint density at radius 1 is 1.19 bits per heavy atom. The van der Waals surface area contributed by atoms with Crippen LogP contribution in [0.1, 0.15) is 29.9 Å². The number of anilines is 1. The first kappa shape index (κ1) is 21.6. The molecule has 2 heterocycles. The molecular weight excluding hydrogens is 420 g/mol. The predicted octanol–water partition coefficient (Wildman–Crippen LogP) is 1.76. The molecule has 0 unspecified atom stereocenters. The van der Waals surface area contributed by atoms with E-state index in [1.54, 1.807) is 18.2 Å². The maximum Gasteiger partial charge on any atom is 0.229 e. The van der Waals surface area contributed by atoms with Crippen molar-refractivity contribution < 1.29 is 27.8 Å². The first-order chi connectivity index (χ1) is 14.8. The SMILES string of the molecule is CS(=O)(=O)Nc1ccc2c(c1)[C@@H]1C[C@H](CC(=O)NCc3ccccc3)O[C@H](CO)[C@@H]1O2. The number of carbonyl (C=O) groups excluding carboxylic acids is 1. The van der Waals surface area contributed by atoms with Gasteiger partial charge in [0.2, 0.25) is 15.9 Å². The van der Waals surface area contributed by atoms with Crippen molar-refractivity contribution in [3.8, 4) is 5.75 Å². The molecule has 2 aliphatic rings. The molecule has 0 aliphatic carbocycles. The molecule has 0 radical (unpaired) electrons. The van der Waals surface area contributed by atoms with Gasteiger partial charge >= 0.3 is 0 Å². The second-order valence-corrected chi connectivity index (χ2v) is 9.75. The maximum absolute atomic E-state index is 12.5. The van der Waals surface area contributed by atoms with Crippen LogP contribution in [0.3, 0.4) is 0 Å². The molecule has 1 fully saturated rings. The Labute approximate surface area is 181 Å². The highest BCUT2D eigenvalue weighted by atomic mass is 32.2. The number of hydrogen-bond donors (Lipinski definition) is 3. The molecular formula is C22H26N2O6S. The number of amides is 1.